The van der Waals surface area contributed by atoms with Crippen molar-refractivity contribution in [3.05, 3.63) is 41.6 Å². The van der Waals surface area contributed by atoms with Gasteiger partial charge in [0.25, 0.3) is 0 Å². The van der Waals surface area contributed by atoms with E-state index in [1.165, 1.54) is 0 Å². The molecule has 88 valence electrons. The smallest absolute Gasteiger partial charge is 0.313 e. The molecule has 0 saturated heterocycles. The summed E-state index contributed by atoms with van der Waals surface area (Å²) in [4.78, 5) is 15.5. The van der Waals surface area contributed by atoms with Gasteiger partial charge < -0.3 is 5.11 Å². The molecule has 3 nitrogen and oxygen atoms in total. The lowest BCUT2D eigenvalue weighted by Gasteiger charge is -2.20. The molecule has 2 rings (SSSR count). The number of fused-ring (bicyclic) bond motifs is 1. The summed E-state index contributed by atoms with van der Waals surface area (Å²) in [6, 6.07) is 7.63. The summed E-state index contributed by atoms with van der Waals surface area (Å²) in [5.74, 6) is -0.822. The summed E-state index contributed by atoms with van der Waals surface area (Å²) in [6.45, 7) is 5.39. The molecule has 17 heavy (non-hydrogen) atoms. The number of carboxylic acid groups (broad SMARTS) is 1. The first-order valence-electron chi connectivity index (χ1n) is 5.51. The first-order chi connectivity index (χ1) is 7.91. The zero-order chi connectivity index (χ0) is 12.6. The Labute approximate surface area is 100 Å². The summed E-state index contributed by atoms with van der Waals surface area (Å²) < 4.78 is 0. The molecule has 1 aromatic carbocycles. The second-order valence-corrected chi connectivity index (χ2v) is 4.85. The third-order valence-electron chi connectivity index (χ3n) is 3.07. The normalized spacial score (nSPS) is 11.7. The van der Waals surface area contributed by atoms with Gasteiger partial charge in [-0.2, -0.15) is 0 Å². The fraction of sp³-hybridized carbons (Fsp3) is 0.286. The van der Waals surface area contributed by atoms with Crippen molar-refractivity contribution in [2.45, 2.75) is 26.2 Å². The van der Waals surface area contributed by atoms with E-state index < -0.39 is 11.4 Å². The van der Waals surface area contributed by atoms with E-state index in [9.17, 15) is 9.90 Å². The largest absolute Gasteiger partial charge is 0.481 e. The van der Waals surface area contributed by atoms with Crippen LogP contribution in [0.2, 0.25) is 0 Å². The van der Waals surface area contributed by atoms with Crippen molar-refractivity contribution in [1.29, 1.82) is 0 Å². The van der Waals surface area contributed by atoms with Gasteiger partial charge in [-0.15, -0.1) is 0 Å². The van der Waals surface area contributed by atoms with E-state index in [4.69, 9.17) is 0 Å². The van der Waals surface area contributed by atoms with E-state index in [2.05, 4.69) is 4.98 Å². The number of aromatic nitrogens is 1. The van der Waals surface area contributed by atoms with E-state index in [0.29, 0.717) is 0 Å². The van der Waals surface area contributed by atoms with E-state index in [-0.39, 0.29) is 0 Å². The van der Waals surface area contributed by atoms with Crippen LogP contribution in [0.4, 0.5) is 0 Å². The Morgan fingerprint density at radius 2 is 2.00 bits per heavy atom. The van der Waals surface area contributed by atoms with Gasteiger partial charge in [0.2, 0.25) is 0 Å². The van der Waals surface area contributed by atoms with Crippen LogP contribution in [0.3, 0.4) is 0 Å². The highest BCUT2D eigenvalue weighted by Gasteiger charge is 2.29. The number of benzene rings is 1. The fourth-order valence-corrected chi connectivity index (χ4v) is 1.75. The average Bonchev–Trinajstić information content (AvgIpc) is 2.27. The number of rotatable bonds is 2. The van der Waals surface area contributed by atoms with E-state index >= 15 is 0 Å². The molecule has 3 heteroatoms. The quantitative estimate of drug-likeness (QED) is 0.861. The van der Waals surface area contributed by atoms with E-state index in [0.717, 1.165) is 22.0 Å². The number of hydrogen-bond donors (Lipinski definition) is 1. The van der Waals surface area contributed by atoms with Crippen LogP contribution in [-0.4, -0.2) is 16.1 Å². The third-order valence-corrected chi connectivity index (χ3v) is 3.07. The van der Waals surface area contributed by atoms with Crippen molar-refractivity contribution >= 4 is 16.9 Å². The molecule has 1 aromatic heterocycles. The maximum absolute atomic E-state index is 11.2. The van der Waals surface area contributed by atoms with Gasteiger partial charge in [-0.05, 0) is 50.1 Å². The van der Waals surface area contributed by atoms with Gasteiger partial charge in [-0.3, -0.25) is 9.78 Å². The Hall–Kier alpha value is -1.90. The number of nitrogens with zero attached hydrogens (tertiary/aromatic N) is 1. The SMILES string of the molecule is Cc1cnc2ccc(C(C)(C)C(=O)O)cc2c1. The summed E-state index contributed by atoms with van der Waals surface area (Å²) in [6.07, 6.45) is 1.81. The van der Waals surface area contributed by atoms with Crippen molar-refractivity contribution in [2.24, 2.45) is 0 Å². The lowest BCUT2D eigenvalue weighted by Crippen LogP contribution is -2.28. The number of hydrogen-bond acceptors (Lipinski definition) is 2. The highest BCUT2D eigenvalue weighted by atomic mass is 16.4. The van der Waals surface area contributed by atoms with Crippen LogP contribution < -0.4 is 0 Å². The average molecular weight is 229 g/mol. The molecule has 2 aromatic rings. The predicted octanol–water partition coefficient (Wildman–Crippen LogP) is 2.91. The van der Waals surface area contributed by atoms with Crippen LogP contribution in [0.15, 0.2) is 30.5 Å². The summed E-state index contributed by atoms with van der Waals surface area (Å²) >= 11 is 0. The van der Waals surface area contributed by atoms with Gasteiger partial charge in [-0.1, -0.05) is 6.07 Å². The number of carboxylic acids is 1. The van der Waals surface area contributed by atoms with E-state index in [1.54, 1.807) is 13.8 Å². The summed E-state index contributed by atoms with van der Waals surface area (Å²) in [5, 5.41) is 10.2. The Morgan fingerprint density at radius 1 is 1.29 bits per heavy atom. The van der Waals surface area contributed by atoms with Crippen molar-refractivity contribution in [2.75, 3.05) is 0 Å². The van der Waals surface area contributed by atoms with Gasteiger partial charge >= 0.3 is 5.97 Å². The summed E-state index contributed by atoms with van der Waals surface area (Å²) in [7, 11) is 0. The van der Waals surface area contributed by atoms with Crippen LogP contribution in [0, 0.1) is 6.92 Å². The molecule has 0 saturated carbocycles. The number of aliphatic carboxylic acids is 1. The van der Waals surface area contributed by atoms with Crippen LogP contribution in [0.5, 0.6) is 0 Å². The Kier molecular flexibility index (Phi) is 2.62. The monoisotopic (exact) mass is 229 g/mol. The van der Waals surface area contributed by atoms with Crippen LogP contribution in [-0.2, 0) is 10.2 Å². The first kappa shape index (κ1) is 11.6. The molecule has 1 N–H and O–H groups in total. The molecule has 0 aliphatic rings. The minimum Gasteiger partial charge on any atom is -0.481 e. The minimum absolute atomic E-state index is 0.796. The molecule has 0 aliphatic heterocycles. The minimum atomic E-state index is -0.877. The standard InChI is InChI=1S/C14H15NO2/c1-9-6-10-7-11(14(2,3)13(16)17)4-5-12(10)15-8-9/h4-8H,1-3H3,(H,16,17). The van der Waals surface area contributed by atoms with Crippen LogP contribution in [0.25, 0.3) is 10.9 Å². The van der Waals surface area contributed by atoms with Gasteiger partial charge in [0.1, 0.15) is 0 Å². The van der Waals surface area contributed by atoms with E-state index in [1.807, 2.05) is 37.4 Å². The second-order valence-electron chi connectivity index (χ2n) is 4.85. The van der Waals surface area contributed by atoms with Crippen molar-refractivity contribution in [3.63, 3.8) is 0 Å². The maximum Gasteiger partial charge on any atom is 0.313 e. The molecule has 0 aliphatic carbocycles. The highest BCUT2D eigenvalue weighted by molar-refractivity contribution is 5.85. The Morgan fingerprint density at radius 3 is 2.65 bits per heavy atom. The zero-order valence-corrected chi connectivity index (χ0v) is 10.2. The zero-order valence-electron chi connectivity index (χ0n) is 10.2. The van der Waals surface area contributed by atoms with Gasteiger partial charge in [-0.25, -0.2) is 0 Å². The topological polar surface area (TPSA) is 50.2 Å². The fourth-order valence-electron chi connectivity index (χ4n) is 1.75. The van der Waals surface area contributed by atoms with Crippen molar-refractivity contribution in [1.82, 2.24) is 4.98 Å². The molecule has 1 heterocycles. The van der Waals surface area contributed by atoms with Crippen LogP contribution in [0.1, 0.15) is 25.0 Å². The third kappa shape index (κ3) is 2.00. The molecule has 0 bridgehead atoms. The molecular formula is C14H15NO2. The van der Waals surface area contributed by atoms with Crippen molar-refractivity contribution < 1.29 is 9.90 Å². The molecule has 0 fully saturated rings. The number of carbonyl (C=O) groups is 1. The number of pyridine rings is 1. The Bertz CT molecular complexity index is 588. The lowest BCUT2D eigenvalue weighted by molar-refractivity contribution is -0.142. The van der Waals surface area contributed by atoms with Crippen molar-refractivity contribution in [3.8, 4) is 0 Å². The maximum atomic E-state index is 11.2. The lowest BCUT2D eigenvalue weighted by atomic mass is 9.84. The predicted molar refractivity (Wildman–Crippen MR) is 67.1 cm³/mol. The summed E-state index contributed by atoms with van der Waals surface area (Å²) in [5.41, 5.74) is 1.88. The highest BCUT2D eigenvalue weighted by Crippen LogP contribution is 2.26. The second kappa shape index (κ2) is 3.84. The Balaban J connectivity index is 2.62. The molecular weight excluding hydrogens is 214 g/mol. The molecule has 0 radical (unpaired) electrons. The number of aryl methyl sites for hydroxylation is 1. The first-order valence-corrected chi connectivity index (χ1v) is 5.51. The molecule has 0 atom stereocenters. The molecule has 0 unspecified atom stereocenters. The van der Waals surface area contributed by atoms with Gasteiger partial charge in [0.15, 0.2) is 0 Å². The van der Waals surface area contributed by atoms with Crippen LogP contribution >= 0.6 is 0 Å². The molecule has 0 amide bonds. The van der Waals surface area contributed by atoms with Gasteiger partial charge in [0.05, 0.1) is 10.9 Å². The van der Waals surface area contributed by atoms with Gasteiger partial charge in [0, 0.05) is 11.6 Å². The molecule has 0 spiro atoms.